The Hall–Kier alpha value is -2.11. The Kier molecular flexibility index (Phi) is 3.90. The van der Waals surface area contributed by atoms with E-state index in [9.17, 15) is 13.2 Å². The largest absolute Gasteiger partial charge is 0.416 e. The summed E-state index contributed by atoms with van der Waals surface area (Å²) in [5.74, 6) is 0.0855. The van der Waals surface area contributed by atoms with E-state index in [-0.39, 0.29) is 5.82 Å². The minimum atomic E-state index is -4.35. The van der Waals surface area contributed by atoms with Crippen molar-refractivity contribution in [3.63, 3.8) is 0 Å². The average Bonchev–Trinajstić information content (AvgIpc) is 2.26. The van der Waals surface area contributed by atoms with Crippen LogP contribution in [-0.2, 0) is 6.18 Å². The number of nitrogens with two attached hydrogens (primary N) is 3. The van der Waals surface area contributed by atoms with Crippen LogP contribution in [0.25, 0.3) is 5.70 Å². The van der Waals surface area contributed by atoms with Gasteiger partial charge < -0.3 is 17.2 Å². The highest BCUT2D eigenvalue weighted by atomic mass is 19.4. The molecule has 0 atom stereocenters. The summed E-state index contributed by atoms with van der Waals surface area (Å²) in [5.41, 5.74) is 17.1. The second kappa shape index (κ2) is 5.03. The van der Waals surface area contributed by atoms with Gasteiger partial charge in [0.15, 0.2) is 0 Å². The standard InChI is InChI=1S/C12H14F3N3/c1-7(6-10(16)17)11(18)8-2-4-9(5-3-8)12(13,14)15/h2-6H,16-18H2,1H3/b11-7-. The monoisotopic (exact) mass is 257 g/mol. The number of alkyl halides is 3. The Bertz CT molecular complexity index is 480. The molecule has 1 rings (SSSR count). The highest BCUT2D eigenvalue weighted by molar-refractivity contribution is 5.68. The molecule has 1 aromatic rings. The molecule has 0 bridgehead atoms. The van der Waals surface area contributed by atoms with Crippen molar-refractivity contribution in [2.45, 2.75) is 13.1 Å². The second-order valence-electron chi connectivity index (χ2n) is 3.82. The number of hydrogen-bond acceptors (Lipinski definition) is 3. The van der Waals surface area contributed by atoms with Gasteiger partial charge in [-0.05, 0) is 36.3 Å². The van der Waals surface area contributed by atoms with E-state index in [0.29, 0.717) is 16.8 Å². The lowest BCUT2D eigenvalue weighted by molar-refractivity contribution is -0.137. The van der Waals surface area contributed by atoms with Crippen LogP contribution in [0.5, 0.6) is 0 Å². The van der Waals surface area contributed by atoms with Crippen LogP contribution in [-0.4, -0.2) is 0 Å². The summed E-state index contributed by atoms with van der Waals surface area (Å²) in [6, 6.07) is 4.57. The minimum Gasteiger partial charge on any atom is -0.398 e. The third-order valence-electron chi connectivity index (χ3n) is 2.33. The van der Waals surface area contributed by atoms with Crippen LogP contribution >= 0.6 is 0 Å². The van der Waals surface area contributed by atoms with Crippen LogP contribution in [0.1, 0.15) is 18.1 Å². The highest BCUT2D eigenvalue weighted by Gasteiger charge is 2.29. The van der Waals surface area contributed by atoms with Gasteiger partial charge in [0.05, 0.1) is 11.4 Å². The van der Waals surface area contributed by atoms with E-state index in [1.165, 1.54) is 18.2 Å². The zero-order chi connectivity index (χ0) is 13.9. The van der Waals surface area contributed by atoms with Gasteiger partial charge in [0.2, 0.25) is 0 Å². The zero-order valence-corrected chi connectivity index (χ0v) is 9.75. The van der Waals surface area contributed by atoms with Gasteiger partial charge in [-0.2, -0.15) is 13.2 Å². The minimum absolute atomic E-state index is 0.0855. The molecule has 6 N–H and O–H groups in total. The molecule has 98 valence electrons. The first-order valence-electron chi connectivity index (χ1n) is 5.08. The third-order valence-corrected chi connectivity index (χ3v) is 2.33. The van der Waals surface area contributed by atoms with E-state index in [0.717, 1.165) is 12.1 Å². The van der Waals surface area contributed by atoms with Crippen molar-refractivity contribution in [1.29, 1.82) is 0 Å². The molecule has 0 unspecified atom stereocenters. The lowest BCUT2D eigenvalue weighted by Gasteiger charge is -2.09. The summed E-state index contributed by atoms with van der Waals surface area (Å²) in [6.07, 6.45) is -2.90. The second-order valence-corrected chi connectivity index (χ2v) is 3.82. The van der Waals surface area contributed by atoms with Gasteiger partial charge in [-0.25, -0.2) is 0 Å². The van der Waals surface area contributed by atoms with Crippen LogP contribution < -0.4 is 17.2 Å². The molecular formula is C12H14F3N3. The molecule has 0 aliphatic heterocycles. The van der Waals surface area contributed by atoms with Crippen LogP contribution in [0.4, 0.5) is 13.2 Å². The first-order chi connectivity index (χ1) is 8.21. The molecule has 0 aromatic heterocycles. The number of benzene rings is 1. The zero-order valence-electron chi connectivity index (χ0n) is 9.75. The molecule has 0 radical (unpaired) electrons. The fraction of sp³-hybridized carbons (Fsp3) is 0.167. The summed E-state index contributed by atoms with van der Waals surface area (Å²) in [4.78, 5) is 0. The van der Waals surface area contributed by atoms with Crippen LogP contribution in [0, 0.1) is 0 Å². The summed E-state index contributed by atoms with van der Waals surface area (Å²) in [5, 5.41) is 0. The van der Waals surface area contributed by atoms with Crippen LogP contribution in [0.3, 0.4) is 0 Å². The fourth-order valence-electron chi connectivity index (χ4n) is 1.39. The number of halogens is 3. The molecule has 18 heavy (non-hydrogen) atoms. The molecule has 0 aliphatic carbocycles. The number of hydrogen-bond donors (Lipinski definition) is 3. The van der Waals surface area contributed by atoms with E-state index < -0.39 is 11.7 Å². The predicted molar refractivity (Wildman–Crippen MR) is 64.7 cm³/mol. The maximum absolute atomic E-state index is 12.4. The SMILES string of the molecule is C/C(C=C(N)N)=C(/N)c1ccc(C(F)(F)F)cc1. The Labute approximate surface area is 103 Å². The van der Waals surface area contributed by atoms with E-state index in [1.807, 2.05) is 0 Å². The van der Waals surface area contributed by atoms with Crippen molar-refractivity contribution >= 4 is 5.70 Å². The van der Waals surface area contributed by atoms with Gasteiger partial charge in [0.25, 0.3) is 0 Å². The summed E-state index contributed by atoms with van der Waals surface area (Å²) in [7, 11) is 0. The number of allylic oxidation sites excluding steroid dienone is 2. The molecule has 0 fully saturated rings. The average molecular weight is 257 g/mol. The predicted octanol–water partition coefficient (Wildman–Crippen LogP) is 2.15. The van der Waals surface area contributed by atoms with Gasteiger partial charge in [-0.15, -0.1) is 0 Å². The van der Waals surface area contributed by atoms with Gasteiger partial charge in [0.1, 0.15) is 0 Å². The first kappa shape index (κ1) is 14.0. The van der Waals surface area contributed by atoms with E-state index in [4.69, 9.17) is 17.2 Å². The Balaban J connectivity index is 3.10. The summed E-state index contributed by atoms with van der Waals surface area (Å²) in [6.45, 7) is 1.67. The maximum Gasteiger partial charge on any atom is 0.416 e. The van der Waals surface area contributed by atoms with Gasteiger partial charge in [0, 0.05) is 5.70 Å². The van der Waals surface area contributed by atoms with Gasteiger partial charge in [-0.3, -0.25) is 0 Å². The van der Waals surface area contributed by atoms with Crippen molar-refractivity contribution < 1.29 is 13.2 Å². The maximum atomic E-state index is 12.4. The van der Waals surface area contributed by atoms with Crippen molar-refractivity contribution in [2.75, 3.05) is 0 Å². The topological polar surface area (TPSA) is 78.1 Å². The summed E-state index contributed by atoms with van der Waals surface area (Å²) < 4.78 is 37.1. The van der Waals surface area contributed by atoms with Crippen molar-refractivity contribution in [3.8, 4) is 0 Å². The first-order valence-corrected chi connectivity index (χ1v) is 5.08. The smallest absolute Gasteiger partial charge is 0.398 e. The molecule has 3 nitrogen and oxygen atoms in total. The van der Waals surface area contributed by atoms with Crippen molar-refractivity contribution in [3.05, 3.63) is 52.9 Å². The van der Waals surface area contributed by atoms with E-state index >= 15 is 0 Å². The lowest BCUT2D eigenvalue weighted by atomic mass is 10.1. The normalized spacial score (nSPS) is 12.9. The molecule has 0 saturated heterocycles. The summed E-state index contributed by atoms with van der Waals surface area (Å²) >= 11 is 0. The molecule has 0 heterocycles. The highest BCUT2D eigenvalue weighted by Crippen LogP contribution is 2.29. The lowest BCUT2D eigenvalue weighted by Crippen LogP contribution is -2.09. The Morgan fingerprint density at radius 3 is 1.94 bits per heavy atom. The molecule has 1 aromatic carbocycles. The van der Waals surface area contributed by atoms with Gasteiger partial charge >= 0.3 is 6.18 Å². The van der Waals surface area contributed by atoms with Crippen LogP contribution in [0.15, 0.2) is 41.7 Å². The Morgan fingerprint density at radius 1 is 1.06 bits per heavy atom. The Morgan fingerprint density at radius 2 is 1.56 bits per heavy atom. The fourth-order valence-corrected chi connectivity index (χ4v) is 1.39. The van der Waals surface area contributed by atoms with E-state index in [2.05, 4.69) is 0 Å². The molecule has 0 spiro atoms. The molecule has 0 saturated carbocycles. The molecular weight excluding hydrogens is 243 g/mol. The van der Waals surface area contributed by atoms with Crippen molar-refractivity contribution in [1.82, 2.24) is 0 Å². The van der Waals surface area contributed by atoms with E-state index in [1.54, 1.807) is 6.92 Å². The number of rotatable bonds is 2. The van der Waals surface area contributed by atoms with Crippen molar-refractivity contribution in [2.24, 2.45) is 17.2 Å². The molecule has 6 heteroatoms. The third kappa shape index (κ3) is 3.44. The van der Waals surface area contributed by atoms with Crippen LogP contribution in [0.2, 0.25) is 0 Å². The molecule has 0 aliphatic rings. The molecule has 0 amide bonds. The van der Waals surface area contributed by atoms with Gasteiger partial charge in [-0.1, -0.05) is 12.1 Å². The quantitative estimate of drug-likeness (QED) is 0.710.